The summed E-state index contributed by atoms with van der Waals surface area (Å²) in [5.41, 5.74) is -8.45. The first kappa shape index (κ1) is 33.7. The average Bonchev–Trinajstić information content (AvgIpc) is 2.81. The maximum atomic E-state index is 13.8. The molecular formula is C22H20BrClF9N3O4. The van der Waals surface area contributed by atoms with Crippen LogP contribution in [0.2, 0.25) is 5.02 Å². The Morgan fingerprint density at radius 3 is 2.12 bits per heavy atom. The number of unbranched alkanes of at least 4 members (excludes halogenated alkanes) is 1. The van der Waals surface area contributed by atoms with Gasteiger partial charge in [-0.1, -0.05) is 24.9 Å². The zero-order chi connectivity index (χ0) is 30.8. The van der Waals surface area contributed by atoms with Gasteiger partial charge in [-0.05, 0) is 41.4 Å². The first-order valence-electron chi connectivity index (χ1n) is 11.1. The van der Waals surface area contributed by atoms with E-state index in [2.05, 4.69) is 20.9 Å². The lowest BCUT2D eigenvalue weighted by atomic mass is 10.1. The number of hydrogen-bond donors (Lipinski definition) is 0. The van der Waals surface area contributed by atoms with Crippen LogP contribution in [0.4, 0.5) is 51.1 Å². The summed E-state index contributed by atoms with van der Waals surface area (Å²) < 4.78 is 133. The van der Waals surface area contributed by atoms with Gasteiger partial charge in [0, 0.05) is 13.7 Å². The molecule has 0 bridgehead atoms. The number of alkyl halides is 9. The minimum absolute atomic E-state index is 0.0821. The Bertz CT molecular complexity index is 1300. The van der Waals surface area contributed by atoms with Crippen LogP contribution in [0.3, 0.4) is 0 Å². The number of carbonyl (C=O) groups is 1. The van der Waals surface area contributed by atoms with Crippen LogP contribution in [0.5, 0.6) is 0 Å². The van der Waals surface area contributed by atoms with Crippen LogP contribution in [0.15, 0.2) is 21.4 Å². The van der Waals surface area contributed by atoms with Crippen molar-refractivity contribution in [2.24, 2.45) is 0 Å². The van der Waals surface area contributed by atoms with Crippen molar-refractivity contribution in [3.05, 3.63) is 48.8 Å². The lowest BCUT2D eigenvalue weighted by Crippen LogP contribution is -2.45. The van der Waals surface area contributed by atoms with Gasteiger partial charge in [0.15, 0.2) is 5.69 Å². The number of ether oxygens (including phenoxy) is 2. The van der Waals surface area contributed by atoms with Crippen molar-refractivity contribution in [2.75, 3.05) is 18.6 Å². The van der Waals surface area contributed by atoms with E-state index in [-0.39, 0.29) is 30.1 Å². The molecular weight excluding hydrogens is 657 g/mol. The Morgan fingerprint density at radius 2 is 1.68 bits per heavy atom. The number of rotatable bonds is 9. The molecule has 0 saturated carbocycles. The molecule has 0 N–H and O–H groups in total. The highest BCUT2D eigenvalue weighted by molar-refractivity contribution is 9.10. The van der Waals surface area contributed by atoms with Crippen molar-refractivity contribution in [3.63, 3.8) is 0 Å². The van der Waals surface area contributed by atoms with E-state index in [4.69, 9.17) is 21.1 Å². The summed E-state index contributed by atoms with van der Waals surface area (Å²) in [5.74, 6) is -2.61. The molecule has 0 spiro atoms. The molecule has 2 aromatic rings. The Hall–Kier alpha value is -2.53. The van der Waals surface area contributed by atoms with E-state index in [1.54, 1.807) is 6.92 Å². The normalized spacial score (nSPS) is 13.3. The SMILES string of the molecule is CCCCn1c(N(c2cc(C(F)(F)F)cc(C(F)(F)F)c2Br)C(OC)C(=O)OCC)nc(C(F)(F)F)c(Cl)c1=O. The number of aromatic nitrogens is 2. The van der Waals surface area contributed by atoms with Crippen LogP contribution >= 0.6 is 27.5 Å². The molecule has 1 aromatic carbocycles. The lowest BCUT2D eigenvalue weighted by Gasteiger charge is -2.33. The van der Waals surface area contributed by atoms with E-state index in [9.17, 15) is 49.1 Å². The van der Waals surface area contributed by atoms with Crippen LogP contribution in [-0.4, -0.2) is 35.5 Å². The van der Waals surface area contributed by atoms with E-state index >= 15 is 0 Å². The van der Waals surface area contributed by atoms with Crippen molar-refractivity contribution < 1.29 is 53.8 Å². The van der Waals surface area contributed by atoms with Crippen LogP contribution < -0.4 is 10.5 Å². The summed E-state index contributed by atoms with van der Waals surface area (Å²) in [5, 5.41) is -1.41. The molecule has 0 aliphatic heterocycles. The third kappa shape index (κ3) is 7.21. The summed E-state index contributed by atoms with van der Waals surface area (Å²) in [6, 6.07) is -0.110. The molecule has 18 heteroatoms. The molecule has 224 valence electrons. The standard InChI is InChI=1S/C22H20BrClF9N3O4/c1-4-6-7-35-16(37)14(24)15(22(31,32)33)34-19(35)36(17(39-3)18(38)40-5-2)12-9-10(20(25,26)27)8-11(13(12)23)21(28,29)30/h8-9,17H,4-7H2,1-3H3. The van der Waals surface area contributed by atoms with Gasteiger partial charge in [-0.2, -0.15) is 39.5 Å². The quantitative estimate of drug-likeness (QED) is 0.159. The average molecular weight is 677 g/mol. The first-order chi connectivity index (χ1) is 18.3. The largest absolute Gasteiger partial charge is 0.463 e. The summed E-state index contributed by atoms with van der Waals surface area (Å²) in [6.07, 6.45) is -18.1. The van der Waals surface area contributed by atoms with Crippen molar-refractivity contribution in [1.82, 2.24) is 9.55 Å². The number of nitrogens with zero attached hydrogens (tertiary/aromatic N) is 3. The number of halogens is 11. The van der Waals surface area contributed by atoms with Gasteiger partial charge in [-0.3, -0.25) is 14.3 Å². The summed E-state index contributed by atoms with van der Waals surface area (Å²) in [6.45, 7) is 2.12. The van der Waals surface area contributed by atoms with Crippen LogP contribution in [0.1, 0.15) is 43.5 Å². The van der Waals surface area contributed by atoms with Gasteiger partial charge < -0.3 is 9.47 Å². The second-order valence-electron chi connectivity index (χ2n) is 7.95. The molecule has 0 radical (unpaired) electrons. The number of carbonyl (C=O) groups excluding carboxylic acids is 1. The maximum Gasteiger partial charge on any atom is 0.435 e. The third-order valence-corrected chi connectivity index (χ3v) is 6.38. The van der Waals surface area contributed by atoms with Gasteiger partial charge in [0.25, 0.3) is 5.56 Å². The fraction of sp³-hybridized carbons (Fsp3) is 0.500. The molecule has 40 heavy (non-hydrogen) atoms. The second kappa shape index (κ2) is 12.5. The van der Waals surface area contributed by atoms with Gasteiger partial charge in [0.2, 0.25) is 12.2 Å². The number of hydrogen-bond acceptors (Lipinski definition) is 6. The molecule has 7 nitrogen and oxygen atoms in total. The fourth-order valence-electron chi connectivity index (χ4n) is 3.42. The predicted octanol–water partition coefficient (Wildman–Crippen LogP) is 7.19. The molecule has 1 aromatic heterocycles. The highest BCUT2D eigenvalue weighted by Crippen LogP contribution is 2.46. The Balaban J connectivity index is 3.21. The molecule has 0 aliphatic carbocycles. The smallest absolute Gasteiger partial charge is 0.435 e. The van der Waals surface area contributed by atoms with E-state index in [0.717, 1.165) is 7.11 Å². The fourth-order valence-corrected chi connectivity index (χ4v) is 4.32. The first-order valence-corrected chi connectivity index (χ1v) is 12.3. The summed E-state index contributed by atoms with van der Waals surface area (Å²) in [7, 11) is 0.788. The van der Waals surface area contributed by atoms with Crippen molar-refractivity contribution in [2.45, 2.75) is 58.0 Å². The Labute approximate surface area is 233 Å². The van der Waals surface area contributed by atoms with Crippen molar-refractivity contribution in [1.29, 1.82) is 0 Å². The van der Waals surface area contributed by atoms with Crippen molar-refractivity contribution >= 4 is 45.1 Å². The number of anilines is 2. The number of esters is 1. The molecule has 1 unspecified atom stereocenters. The van der Waals surface area contributed by atoms with E-state index in [1.165, 1.54) is 6.92 Å². The van der Waals surface area contributed by atoms with Crippen LogP contribution in [0, 0.1) is 0 Å². The van der Waals surface area contributed by atoms with Gasteiger partial charge >= 0.3 is 24.5 Å². The van der Waals surface area contributed by atoms with E-state index in [0.29, 0.717) is 11.0 Å². The maximum absolute atomic E-state index is 13.8. The van der Waals surface area contributed by atoms with Crippen molar-refractivity contribution in [3.8, 4) is 0 Å². The van der Waals surface area contributed by atoms with Crippen LogP contribution in [-0.2, 0) is 39.3 Å². The Kier molecular flexibility index (Phi) is 10.6. The highest BCUT2D eigenvalue weighted by atomic mass is 79.9. The second-order valence-corrected chi connectivity index (χ2v) is 9.12. The molecule has 0 aliphatic rings. The molecule has 0 saturated heterocycles. The van der Waals surface area contributed by atoms with Gasteiger partial charge in [-0.25, -0.2) is 9.78 Å². The third-order valence-electron chi connectivity index (χ3n) is 5.20. The number of benzene rings is 1. The zero-order valence-corrected chi connectivity index (χ0v) is 23.0. The molecule has 1 atom stereocenters. The van der Waals surface area contributed by atoms with E-state index in [1.807, 2.05) is 0 Å². The molecule has 1 heterocycles. The van der Waals surface area contributed by atoms with E-state index < -0.39 is 80.8 Å². The summed E-state index contributed by atoms with van der Waals surface area (Å²) >= 11 is 8.22. The lowest BCUT2D eigenvalue weighted by molar-refractivity contribution is -0.154. The minimum atomic E-state index is -5.42. The molecule has 0 amide bonds. The highest BCUT2D eigenvalue weighted by Gasteiger charge is 2.44. The minimum Gasteiger partial charge on any atom is -0.463 e. The number of methoxy groups -OCH3 is 1. The topological polar surface area (TPSA) is 73.7 Å². The summed E-state index contributed by atoms with van der Waals surface area (Å²) in [4.78, 5) is 29.3. The van der Waals surface area contributed by atoms with Gasteiger partial charge in [0.05, 0.1) is 27.9 Å². The van der Waals surface area contributed by atoms with Crippen LogP contribution in [0.25, 0.3) is 0 Å². The molecule has 0 fully saturated rings. The predicted molar refractivity (Wildman–Crippen MR) is 127 cm³/mol. The monoisotopic (exact) mass is 675 g/mol. The van der Waals surface area contributed by atoms with Gasteiger partial charge in [0.1, 0.15) is 5.02 Å². The molecule has 2 rings (SSSR count). The zero-order valence-electron chi connectivity index (χ0n) is 20.7. The Morgan fingerprint density at radius 1 is 1.07 bits per heavy atom. The van der Waals surface area contributed by atoms with Gasteiger partial charge in [-0.15, -0.1) is 0 Å².